The predicted octanol–water partition coefficient (Wildman–Crippen LogP) is 4.97. The average Bonchev–Trinajstić information content (AvgIpc) is 3.26. The molecule has 2 aromatic carbocycles. The lowest BCUT2D eigenvalue weighted by Gasteiger charge is -2.25. The van der Waals surface area contributed by atoms with E-state index in [0.29, 0.717) is 11.4 Å². The number of aliphatic carboxylic acids is 1. The molecule has 1 aliphatic heterocycles. The summed E-state index contributed by atoms with van der Waals surface area (Å²) >= 11 is 1.54. The van der Waals surface area contributed by atoms with Crippen molar-refractivity contribution in [3.8, 4) is 28.4 Å². The zero-order valence-electron chi connectivity index (χ0n) is 18.9. The standard InChI is InChI=1S/C25H23NO7S/c1-25(2,3)33-22(29)12-26-17-11-15(16-9-10-34-14-16)7-8-18(17)32-20-6-4-5-19(23(20)24(26)30)31-13-21(27)28/h4-11,14H,12-13H2,1-3H3,(H,27,28). The van der Waals surface area contributed by atoms with Crippen molar-refractivity contribution in [2.24, 2.45) is 0 Å². The Bertz CT molecular complexity index is 1240. The molecule has 0 spiro atoms. The molecule has 0 saturated heterocycles. The molecule has 9 heteroatoms. The zero-order chi connectivity index (χ0) is 24.5. The number of carboxylic acid groups (broad SMARTS) is 1. The molecule has 1 aliphatic rings. The third-order valence-corrected chi connectivity index (χ3v) is 5.51. The van der Waals surface area contributed by atoms with Crippen LogP contribution in [0.1, 0.15) is 31.1 Å². The number of carbonyl (C=O) groups excluding carboxylic acids is 2. The summed E-state index contributed by atoms with van der Waals surface area (Å²) in [5.41, 5.74) is 1.49. The van der Waals surface area contributed by atoms with Gasteiger partial charge in [-0.15, -0.1) is 0 Å². The van der Waals surface area contributed by atoms with E-state index in [0.717, 1.165) is 11.1 Å². The van der Waals surface area contributed by atoms with E-state index in [-0.39, 0.29) is 23.6 Å². The van der Waals surface area contributed by atoms with Gasteiger partial charge in [-0.3, -0.25) is 14.5 Å². The van der Waals surface area contributed by atoms with Crippen LogP contribution in [0.3, 0.4) is 0 Å². The van der Waals surface area contributed by atoms with Gasteiger partial charge in [0.15, 0.2) is 12.4 Å². The highest BCUT2D eigenvalue weighted by atomic mass is 32.1. The van der Waals surface area contributed by atoms with Gasteiger partial charge < -0.3 is 19.3 Å². The lowest BCUT2D eigenvalue weighted by Crippen LogP contribution is -2.38. The largest absolute Gasteiger partial charge is 0.481 e. The minimum Gasteiger partial charge on any atom is -0.481 e. The molecule has 1 N–H and O–H groups in total. The maximum atomic E-state index is 13.8. The van der Waals surface area contributed by atoms with Crippen LogP contribution in [0, 0.1) is 0 Å². The fourth-order valence-electron chi connectivity index (χ4n) is 3.51. The van der Waals surface area contributed by atoms with E-state index in [1.165, 1.54) is 11.0 Å². The predicted molar refractivity (Wildman–Crippen MR) is 127 cm³/mol. The highest BCUT2D eigenvalue weighted by Gasteiger charge is 2.34. The van der Waals surface area contributed by atoms with Gasteiger partial charge in [0.05, 0.1) is 5.69 Å². The van der Waals surface area contributed by atoms with Gasteiger partial charge >= 0.3 is 11.9 Å². The summed E-state index contributed by atoms with van der Waals surface area (Å²) in [5, 5.41) is 13.0. The summed E-state index contributed by atoms with van der Waals surface area (Å²) in [6.07, 6.45) is 0. The number of rotatable bonds is 6. The molecule has 0 unspecified atom stereocenters. The lowest BCUT2D eigenvalue weighted by atomic mass is 10.1. The Morgan fingerprint density at radius 2 is 1.88 bits per heavy atom. The van der Waals surface area contributed by atoms with E-state index in [4.69, 9.17) is 19.3 Å². The van der Waals surface area contributed by atoms with Crippen molar-refractivity contribution in [1.29, 1.82) is 0 Å². The zero-order valence-corrected chi connectivity index (χ0v) is 19.7. The molecule has 34 heavy (non-hydrogen) atoms. The van der Waals surface area contributed by atoms with Crippen molar-refractivity contribution in [3.63, 3.8) is 0 Å². The smallest absolute Gasteiger partial charge is 0.341 e. The Morgan fingerprint density at radius 1 is 1.09 bits per heavy atom. The molecule has 8 nitrogen and oxygen atoms in total. The first kappa shape index (κ1) is 23.3. The van der Waals surface area contributed by atoms with Crippen LogP contribution in [0.25, 0.3) is 11.1 Å². The SMILES string of the molecule is CC(C)(C)OC(=O)CN1C(=O)c2c(OCC(=O)O)cccc2Oc2ccc(-c3ccsc3)cc21. The maximum absolute atomic E-state index is 13.8. The third-order valence-electron chi connectivity index (χ3n) is 4.83. The number of anilines is 1. The second-order valence-corrected chi connectivity index (χ2v) is 9.37. The minimum absolute atomic E-state index is 0.0283. The fourth-order valence-corrected chi connectivity index (χ4v) is 4.18. The van der Waals surface area contributed by atoms with Crippen molar-refractivity contribution >= 4 is 34.9 Å². The normalized spacial score (nSPS) is 12.8. The number of carbonyl (C=O) groups is 3. The summed E-state index contributed by atoms with van der Waals surface area (Å²) in [6, 6.07) is 12.0. The average molecular weight is 482 g/mol. The lowest BCUT2D eigenvalue weighted by molar-refractivity contribution is -0.152. The van der Waals surface area contributed by atoms with E-state index in [9.17, 15) is 14.4 Å². The molecule has 1 aromatic heterocycles. The molecule has 2 heterocycles. The molecule has 4 rings (SSSR count). The van der Waals surface area contributed by atoms with Crippen LogP contribution < -0.4 is 14.4 Å². The van der Waals surface area contributed by atoms with Crippen LogP contribution in [-0.4, -0.2) is 41.7 Å². The molecule has 0 aliphatic carbocycles. The number of hydrogen-bond acceptors (Lipinski definition) is 7. The van der Waals surface area contributed by atoms with E-state index in [1.807, 2.05) is 22.9 Å². The molecular formula is C25H23NO7S. The number of benzene rings is 2. The van der Waals surface area contributed by atoms with Crippen LogP contribution in [0.15, 0.2) is 53.2 Å². The Labute approximate surface area is 200 Å². The van der Waals surface area contributed by atoms with Gasteiger partial charge in [-0.2, -0.15) is 11.3 Å². The van der Waals surface area contributed by atoms with Gasteiger partial charge in [-0.05, 0) is 73.0 Å². The summed E-state index contributed by atoms with van der Waals surface area (Å²) in [7, 11) is 0. The Kier molecular flexibility index (Phi) is 6.30. The Balaban J connectivity index is 1.81. The number of thiophene rings is 1. The van der Waals surface area contributed by atoms with Crippen molar-refractivity contribution < 1.29 is 33.7 Å². The van der Waals surface area contributed by atoms with Gasteiger partial charge in [0.25, 0.3) is 5.91 Å². The first-order valence-corrected chi connectivity index (χ1v) is 11.4. The van der Waals surface area contributed by atoms with Crippen LogP contribution in [0.2, 0.25) is 0 Å². The van der Waals surface area contributed by atoms with E-state index in [1.54, 1.807) is 56.4 Å². The van der Waals surface area contributed by atoms with Gasteiger partial charge in [-0.25, -0.2) is 4.79 Å². The number of amides is 1. The summed E-state index contributed by atoms with van der Waals surface area (Å²) in [5.74, 6) is -1.74. The van der Waals surface area contributed by atoms with E-state index >= 15 is 0 Å². The van der Waals surface area contributed by atoms with Crippen LogP contribution in [-0.2, 0) is 14.3 Å². The van der Waals surface area contributed by atoms with Gasteiger partial charge in [0, 0.05) is 0 Å². The van der Waals surface area contributed by atoms with Crippen LogP contribution >= 0.6 is 11.3 Å². The Hall–Kier alpha value is -3.85. The molecule has 0 fully saturated rings. The number of ether oxygens (including phenoxy) is 3. The van der Waals surface area contributed by atoms with Crippen molar-refractivity contribution in [3.05, 3.63) is 58.8 Å². The van der Waals surface area contributed by atoms with Crippen LogP contribution in [0.5, 0.6) is 17.2 Å². The second-order valence-electron chi connectivity index (χ2n) is 8.59. The molecule has 0 radical (unpaired) electrons. The number of fused-ring (bicyclic) bond motifs is 2. The topological polar surface area (TPSA) is 102 Å². The molecule has 1 amide bonds. The minimum atomic E-state index is -1.19. The molecule has 0 bridgehead atoms. The monoisotopic (exact) mass is 481 g/mol. The van der Waals surface area contributed by atoms with Crippen molar-refractivity contribution in [1.82, 2.24) is 0 Å². The van der Waals surface area contributed by atoms with Gasteiger partial charge in [-0.1, -0.05) is 12.1 Å². The summed E-state index contributed by atoms with van der Waals surface area (Å²) < 4.78 is 16.9. The molecule has 176 valence electrons. The molecule has 0 atom stereocenters. The van der Waals surface area contributed by atoms with Crippen LogP contribution in [0.4, 0.5) is 5.69 Å². The first-order valence-electron chi connectivity index (χ1n) is 10.5. The Morgan fingerprint density at radius 3 is 2.56 bits per heavy atom. The van der Waals surface area contributed by atoms with Crippen molar-refractivity contribution in [2.75, 3.05) is 18.1 Å². The van der Waals surface area contributed by atoms with Gasteiger partial charge in [0.1, 0.15) is 29.2 Å². The van der Waals surface area contributed by atoms with E-state index < -0.39 is 30.1 Å². The quantitative estimate of drug-likeness (QED) is 0.496. The highest BCUT2D eigenvalue weighted by Crippen LogP contribution is 2.43. The summed E-state index contributed by atoms with van der Waals surface area (Å²) in [4.78, 5) is 38.9. The van der Waals surface area contributed by atoms with E-state index in [2.05, 4.69) is 0 Å². The molecule has 3 aromatic rings. The fraction of sp³-hybridized carbons (Fsp3) is 0.240. The first-order chi connectivity index (χ1) is 16.1. The summed E-state index contributed by atoms with van der Waals surface area (Å²) in [6.45, 7) is 4.23. The number of hydrogen-bond donors (Lipinski definition) is 1. The molecular weight excluding hydrogens is 458 g/mol. The third kappa shape index (κ3) is 5.04. The number of carboxylic acids is 1. The highest BCUT2D eigenvalue weighted by molar-refractivity contribution is 7.08. The van der Waals surface area contributed by atoms with Gasteiger partial charge in [0.2, 0.25) is 0 Å². The number of nitrogens with zero attached hydrogens (tertiary/aromatic N) is 1. The maximum Gasteiger partial charge on any atom is 0.341 e. The molecule has 0 saturated carbocycles. The van der Waals surface area contributed by atoms with Crippen molar-refractivity contribution in [2.45, 2.75) is 26.4 Å². The number of esters is 1. The second kappa shape index (κ2) is 9.18.